The summed E-state index contributed by atoms with van der Waals surface area (Å²) in [7, 11) is 0. The lowest BCUT2D eigenvalue weighted by Gasteiger charge is -2.08. The van der Waals surface area contributed by atoms with Gasteiger partial charge in [-0.25, -0.2) is 4.39 Å². The van der Waals surface area contributed by atoms with Crippen molar-refractivity contribution in [3.63, 3.8) is 0 Å². The molecule has 0 saturated carbocycles. The van der Waals surface area contributed by atoms with Crippen molar-refractivity contribution in [2.45, 2.75) is 19.8 Å². The molecule has 14 heavy (non-hydrogen) atoms. The Kier molecular flexibility index (Phi) is 2.20. The van der Waals surface area contributed by atoms with Crippen molar-refractivity contribution in [3.05, 3.63) is 41.8 Å². The van der Waals surface area contributed by atoms with E-state index in [1.54, 1.807) is 18.3 Å². The van der Waals surface area contributed by atoms with Crippen molar-refractivity contribution in [1.29, 1.82) is 0 Å². The Balaban J connectivity index is 2.77. The number of halogens is 1. The minimum atomic E-state index is -0.201. The van der Waals surface area contributed by atoms with Crippen LogP contribution in [0.5, 0.6) is 0 Å². The van der Waals surface area contributed by atoms with Crippen LogP contribution in [0.1, 0.15) is 25.3 Å². The highest BCUT2D eigenvalue weighted by Crippen LogP contribution is 2.24. The molecule has 0 amide bonds. The summed E-state index contributed by atoms with van der Waals surface area (Å²) in [6.45, 7) is 4.19. The Morgan fingerprint density at radius 3 is 2.71 bits per heavy atom. The van der Waals surface area contributed by atoms with Gasteiger partial charge in [0.05, 0.1) is 5.52 Å². The van der Waals surface area contributed by atoms with Crippen LogP contribution >= 0.6 is 0 Å². The minimum absolute atomic E-state index is 0.201. The highest BCUT2D eigenvalue weighted by molar-refractivity contribution is 5.82. The van der Waals surface area contributed by atoms with Crippen LogP contribution in [0, 0.1) is 5.82 Å². The summed E-state index contributed by atoms with van der Waals surface area (Å²) in [5, 5.41) is 0.919. The molecular weight excluding hydrogens is 177 g/mol. The molecule has 0 atom stereocenters. The summed E-state index contributed by atoms with van der Waals surface area (Å²) in [6.07, 6.45) is 1.77. The van der Waals surface area contributed by atoms with Crippen LogP contribution in [0.25, 0.3) is 10.9 Å². The molecule has 2 rings (SSSR count). The third-order valence-electron chi connectivity index (χ3n) is 2.36. The Hall–Kier alpha value is -1.44. The Bertz CT molecular complexity index is 463. The van der Waals surface area contributed by atoms with Gasteiger partial charge < -0.3 is 0 Å². The van der Waals surface area contributed by atoms with Crippen molar-refractivity contribution >= 4 is 10.9 Å². The maximum absolute atomic E-state index is 13.1. The third kappa shape index (κ3) is 1.48. The van der Waals surface area contributed by atoms with Gasteiger partial charge in [-0.15, -0.1) is 0 Å². The van der Waals surface area contributed by atoms with Crippen molar-refractivity contribution < 1.29 is 4.39 Å². The quantitative estimate of drug-likeness (QED) is 0.669. The molecule has 0 aliphatic carbocycles. The second kappa shape index (κ2) is 3.37. The van der Waals surface area contributed by atoms with Crippen molar-refractivity contribution in [2.24, 2.45) is 0 Å². The molecule has 1 heterocycles. The number of rotatable bonds is 1. The average Bonchev–Trinajstić information content (AvgIpc) is 2.16. The molecule has 0 radical (unpaired) electrons. The highest BCUT2D eigenvalue weighted by Gasteiger charge is 2.05. The fourth-order valence-electron chi connectivity index (χ4n) is 1.64. The zero-order valence-corrected chi connectivity index (χ0v) is 8.29. The van der Waals surface area contributed by atoms with Crippen molar-refractivity contribution in [1.82, 2.24) is 4.98 Å². The average molecular weight is 189 g/mol. The molecule has 2 heteroatoms. The maximum Gasteiger partial charge on any atom is 0.123 e. The van der Waals surface area contributed by atoms with E-state index < -0.39 is 0 Å². The monoisotopic (exact) mass is 189 g/mol. The summed E-state index contributed by atoms with van der Waals surface area (Å²) in [5.41, 5.74) is 2.01. The minimum Gasteiger partial charge on any atom is -0.256 e. The summed E-state index contributed by atoms with van der Waals surface area (Å²) in [6, 6.07) is 6.67. The van der Waals surface area contributed by atoms with E-state index in [0.717, 1.165) is 16.5 Å². The first-order valence-corrected chi connectivity index (χ1v) is 4.72. The van der Waals surface area contributed by atoms with Gasteiger partial charge in [0, 0.05) is 11.6 Å². The van der Waals surface area contributed by atoms with Crippen LogP contribution in [0.2, 0.25) is 0 Å². The number of benzene rings is 1. The molecule has 0 aliphatic rings. The van der Waals surface area contributed by atoms with Crippen LogP contribution in [0.3, 0.4) is 0 Å². The normalized spacial score (nSPS) is 11.1. The van der Waals surface area contributed by atoms with Gasteiger partial charge in [-0.1, -0.05) is 13.8 Å². The molecule has 1 nitrogen and oxygen atoms in total. The fraction of sp³-hybridized carbons (Fsp3) is 0.250. The van der Waals surface area contributed by atoms with E-state index >= 15 is 0 Å². The molecule has 0 saturated heterocycles. The molecule has 0 unspecified atom stereocenters. The zero-order chi connectivity index (χ0) is 10.1. The fourth-order valence-corrected chi connectivity index (χ4v) is 1.64. The number of nitrogens with zero attached hydrogens (tertiary/aromatic N) is 1. The summed E-state index contributed by atoms with van der Waals surface area (Å²) in [5.74, 6) is 0.190. The first kappa shape index (κ1) is 9.13. The summed E-state index contributed by atoms with van der Waals surface area (Å²) < 4.78 is 13.1. The van der Waals surface area contributed by atoms with Gasteiger partial charge in [-0.05, 0) is 35.7 Å². The number of aromatic nitrogens is 1. The van der Waals surface area contributed by atoms with Crippen molar-refractivity contribution in [3.8, 4) is 0 Å². The number of hydrogen-bond acceptors (Lipinski definition) is 1. The van der Waals surface area contributed by atoms with Gasteiger partial charge in [0.15, 0.2) is 0 Å². The van der Waals surface area contributed by atoms with Gasteiger partial charge in [-0.3, -0.25) is 4.98 Å². The Morgan fingerprint density at radius 1 is 1.21 bits per heavy atom. The maximum atomic E-state index is 13.1. The highest BCUT2D eigenvalue weighted by atomic mass is 19.1. The molecule has 0 bridgehead atoms. The van der Waals surface area contributed by atoms with Crippen LogP contribution in [-0.2, 0) is 0 Å². The van der Waals surface area contributed by atoms with Gasteiger partial charge in [0.25, 0.3) is 0 Å². The number of hydrogen-bond donors (Lipinski definition) is 0. The van der Waals surface area contributed by atoms with Crippen LogP contribution in [-0.4, -0.2) is 4.98 Å². The number of pyridine rings is 1. The van der Waals surface area contributed by atoms with Crippen LogP contribution in [0.4, 0.5) is 4.39 Å². The largest absolute Gasteiger partial charge is 0.256 e. The molecular formula is C12H12FN. The molecule has 0 fully saturated rings. The Labute approximate surface area is 82.6 Å². The zero-order valence-electron chi connectivity index (χ0n) is 8.29. The second-order valence-corrected chi connectivity index (χ2v) is 3.72. The molecule has 0 N–H and O–H groups in total. The summed E-state index contributed by atoms with van der Waals surface area (Å²) in [4.78, 5) is 4.20. The molecule has 0 spiro atoms. The van der Waals surface area contributed by atoms with Gasteiger partial charge in [-0.2, -0.15) is 0 Å². The van der Waals surface area contributed by atoms with E-state index in [1.165, 1.54) is 6.07 Å². The second-order valence-electron chi connectivity index (χ2n) is 3.72. The van der Waals surface area contributed by atoms with Gasteiger partial charge in [0.2, 0.25) is 0 Å². The predicted octanol–water partition coefficient (Wildman–Crippen LogP) is 3.50. The molecule has 1 aromatic heterocycles. The van der Waals surface area contributed by atoms with E-state index in [2.05, 4.69) is 18.8 Å². The lowest BCUT2D eigenvalue weighted by molar-refractivity contribution is 0.629. The van der Waals surface area contributed by atoms with E-state index in [0.29, 0.717) is 5.92 Å². The lowest BCUT2D eigenvalue weighted by atomic mass is 9.99. The van der Waals surface area contributed by atoms with E-state index in [9.17, 15) is 4.39 Å². The van der Waals surface area contributed by atoms with E-state index in [4.69, 9.17) is 0 Å². The van der Waals surface area contributed by atoms with Gasteiger partial charge >= 0.3 is 0 Å². The third-order valence-corrected chi connectivity index (χ3v) is 2.36. The SMILES string of the molecule is CC(C)c1ccnc2ccc(F)cc12. The summed E-state index contributed by atoms with van der Waals surface area (Å²) >= 11 is 0. The predicted molar refractivity (Wildman–Crippen MR) is 55.8 cm³/mol. The van der Waals surface area contributed by atoms with Crippen molar-refractivity contribution in [2.75, 3.05) is 0 Å². The number of fused-ring (bicyclic) bond motifs is 1. The first-order chi connectivity index (χ1) is 6.68. The molecule has 1 aromatic carbocycles. The van der Waals surface area contributed by atoms with E-state index in [1.807, 2.05) is 6.07 Å². The van der Waals surface area contributed by atoms with Gasteiger partial charge in [0.1, 0.15) is 5.82 Å². The first-order valence-electron chi connectivity index (χ1n) is 4.72. The molecule has 72 valence electrons. The standard InChI is InChI=1S/C12H12FN/c1-8(2)10-5-6-14-12-4-3-9(13)7-11(10)12/h3-8H,1-2H3. The smallest absolute Gasteiger partial charge is 0.123 e. The molecule has 0 aliphatic heterocycles. The van der Waals surface area contributed by atoms with E-state index in [-0.39, 0.29) is 5.82 Å². The van der Waals surface area contributed by atoms with Crippen LogP contribution in [0.15, 0.2) is 30.5 Å². The molecule has 2 aromatic rings. The Morgan fingerprint density at radius 2 is 2.00 bits per heavy atom. The topological polar surface area (TPSA) is 12.9 Å². The lowest BCUT2D eigenvalue weighted by Crippen LogP contribution is -1.91. The van der Waals surface area contributed by atoms with Crippen LogP contribution < -0.4 is 0 Å².